The van der Waals surface area contributed by atoms with Crippen LogP contribution >= 0.6 is 0 Å². The summed E-state index contributed by atoms with van der Waals surface area (Å²) >= 11 is 0. The van der Waals surface area contributed by atoms with Crippen LogP contribution in [0, 0.1) is 28.6 Å². The van der Waals surface area contributed by atoms with Crippen molar-refractivity contribution in [2.24, 2.45) is 28.6 Å². The van der Waals surface area contributed by atoms with Gasteiger partial charge in [0.05, 0.1) is 6.61 Å². The molecule has 2 spiro atoms. The fraction of sp³-hybridized carbons (Fsp3) is 0.909. The summed E-state index contributed by atoms with van der Waals surface area (Å²) in [7, 11) is 0. The third-order valence-corrected chi connectivity index (χ3v) is 9.10. The van der Waals surface area contributed by atoms with Gasteiger partial charge in [0.2, 0.25) is 5.91 Å². The molecule has 0 aromatic carbocycles. The normalized spacial score (nSPS) is 42.8. The molecule has 3 aliphatic carbocycles. The van der Waals surface area contributed by atoms with Gasteiger partial charge in [-0.25, -0.2) is 4.79 Å². The molecule has 6 rings (SSSR count). The molecule has 2 atom stereocenters. The highest BCUT2D eigenvalue weighted by atomic mass is 16.6. The molecule has 3 saturated carbocycles. The van der Waals surface area contributed by atoms with Crippen LogP contribution in [0.25, 0.3) is 0 Å². The maximum atomic E-state index is 12.8. The Hall–Kier alpha value is -1.30. The summed E-state index contributed by atoms with van der Waals surface area (Å²) in [6.07, 6.45) is 7.48. The van der Waals surface area contributed by atoms with Gasteiger partial charge < -0.3 is 14.5 Å². The standard InChI is InChI=1S/C22H33N3O3/c1-2-28-20(27)23-7-6-22(14-23)8-15(9-22)24-10-16-17(11-24)18(16)19(26)25-12-21(13-25)4-3-5-21/h15-18H,2-14H2,1H3. The van der Waals surface area contributed by atoms with Crippen molar-refractivity contribution in [3.8, 4) is 0 Å². The minimum Gasteiger partial charge on any atom is -0.450 e. The summed E-state index contributed by atoms with van der Waals surface area (Å²) in [6, 6.07) is 0.674. The number of fused-ring (bicyclic) bond motifs is 1. The van der Waals surface area contributed by atoms with Gasteiger partial charge in [0.15, 0.2) is 0 Å². The van der Waals surface area contributed by atoms with Crippen molar-refractivity contribution < 1.29 is 14.3 Å². The average Bonchev–Trinajstić information content (AvgIpc) is 2.95. The van der Waals surface area contributed by atoms with E-state index in [2.05, 4.69) is 9.80 Å². The second-order valence-electron chi connectivity index (χ2n) is 10.8. The molecule has 0 aromatic heterocycles. The van der Waals surface area contributed by atoms with E-state index in [1.165, 1.54) is 32.1 Å². The molecule has 6 heteroatoms. The predicted octanol–water partition coefficient (Wildman–Crippen LogP) is 2.19. The SMILES string of the molecule is CCOC(=O)N1CCC2(CC(N3CC4C(C3)C4C(=O)N3CC4(CCC4)C3)C2)C1. The van der Waals surface area contributed by atoms with Crippen LogP contribution in [0.2, 0.25) is 0 Å². The first kappa shape index (κ1) is 17.5. The maximum Gasteiger partial charge on any atom is 0.409 e. The van der Waals surface area contributed by atoms with E-state index in [9.17, 15) is 9.59 Å². The molecule has 6 fully saturated rings. The van der Waals surface area contributed by atoms with E-state index >= 15 is 0 Å². The van der Waals surface area contributed by atoms with Crippen molar-refractivity contribution >= 4 is 12.0 Å². The number of hydrogen-bond acceptors (Lipinski definition) is 4. The molecule has 2 amide bonds. The number of carbonyl (C=O) groups is 2. The first-order valence-electron chi connectivity index (χ1n) is 11.5. The minimum absolute atomic E-state index is 0.138. The highest BCUT2D eigenvalue weighted by Crippen LogP contribution is 2.58. The summed E-state index contributed by atoms with van der Waals surface area (Å²) in [4.78, 5) is 31.5. The molecule has 2 unspecified atom stereocenters. The molecule has 3 saturated heterocycles. The van der Waals surface area contributed by atoms with Crippen LogP contribution < -0.4 is 0 Å². The van der Waals surface area contributed by atoms with Crippen molar-refractivity contribution in [2.45, 2.75) is 51.5 Å². The largest absolute Gasteiger partial charge is 0.450 e. The lowest BCUT2D eigenvalue weighted by Gasteiger charge is -2.56. The van der Waals surface area contributed by atoms with Crippen molar-refractivity contribution in [2.75, 3.05) is 45.9 Å². The zero-order valence-electron chi connectivity index (χ0n) is 17.1. The van der Waals surface area contributed by atoms with Gasteiger partial charge in [-0.3, -0.25) is 9.69 Å². The van der Waals surface area contributed by atoms with E-state index in [1.54, 1.807) is 0 Å². The molecule has 0 bridgehead atoms. The molecule has 6 aliphatic rings. The van der Waals surface area contributed by atoms with E-state index in [-0.39, 0.29) is 6.09 Å². The van der Waals surface area contributed by atoms with Gasteiger partial charge in [0, 0.05) is 56.6 Å². The van der Waals surface area contributed by atoms with Gasteiger partial charge in [-0.15, -0.1) is 0 Å². The molecular formula is C22H33N3O3. The lowest BCUT2D eigenvalue weighted by Crippen LogP contribution is -2.62. The Labute approximate surface area is 167 Å². The highest BCUT2D eigenvalue weighted by molar-refractivity contribution is 5.83. The van der Waals surface area contributed by atoms with Crippen molar-refractivity contribution in [3.63, 3.8) is 0 Å². The van der Waals surface area contributed by atoms with Crippen LogP contribution in [-0.4, -0.2) is 78.6 Å². The van der Waals surface area contributed by atoms with Crippen LogP contribution in [0.3, 0.4) is 0 Å². The second kappa shape index (κ2) is 5.87. The van der Waals surface area contributed by atoms with Crippen molar-refractivity contribution in [1.29, 1.82) is 0 Å². The number of likely N-dealkylation sites (tertiary alicyclic amines) is 3. The molecule has 0 aromatic rings. The third kappa shape index (κ3) is 2.49. The fourth-order valence-corrected chi connectivity index (χ4v) is 7.18. The van der Waals surface area contributed by atoms with Crippen molar-refractivity contribution in [1.82, 2.24) is 14.7 Å². The molecule has 28 heavy (non-hydrogen) atoms. The van der Waals surface area contributed by atoms with Gasteiger partial charge in [0.1, 0.15) is 0 Å². The lowest BCUT2D eigenvalue weighted by atomic mass is 9.63. The van der Waals surface area contributed by atoms with Crippen LogP contribution in [-0.2, 0) is 9.53 Å². The van der Waals surface area contributed by atoms with Gasteiger partial charge in [-0.05, 0) is 56.3 Å². The summed E-state index contributed by atoms with van der Waals surface area (Å²) < 4.78 is 5.17. The third-order valence-electron chi connectivity index (χ3n) is 9.10. The van der Waals surface area contributed by atoms with E-state index < -0.39 is 0 Å². The molecule has 154 valence electrons. The van der Waals surface area contributed by atoms with Crippen LogP contribution in [0.5, 0.6) is 0 Å². The maximum absolute atomic E-state index is 12.8. The molecular weight excluding hydrogens is 354 g/mol. The second-order valence-corrected chi connectivity index (χ2v) is 10.8. The summed E-state index contributed by atoms with van der Waals surface area (Å²) in [5, 5.41) is 0. The first-order valence-corrected chi connectivity index (χ1v) is 11.5. The van der Waals surface area contributed by atoms with Gasteiger partial charge in [-0.1, -0.05) is 6.42 Å². The quantitative estimate of drug-likeness (QED) is 0.745. The van der Waals surface area contributed by atoms with E-state index in [0.29, 0.717) is 47.1 Å². The van der Waals surface area contributed by atoms with E-state index in [4.69, 9.17) is 4.74 Å². The Kier molecular flexibility index (Phi) is 3.68. The topological polar surface area (TPSA) is 53.1 Å². The smallest absolute Gasteiger partial charge is 0.409 e. The molecule has 0 radical (unpaired) electrons. The molecule has 0 N–H and O–H groups in total. The van der Waals surface area contributed by atoms with Crippen LogP contribution in [0.1, 0.15) is 45.4 Å². The number of ether oxygens (including phenoxy) is 1. The Morgan fingerprint density at radius 2 is 1.64 bits per heavy atom. The lowest BCUT2D eigenvalue weighted by molar-refractivity contribution is -0.152. The summed E-state index contributed by atoms with van der Waals surface area (Å²) in [5.41, 5.74) is 0.888. The molecule has 3 heterocycles. The van der Waals surface area contributed by atoms with Gasteiger partial charge in [-0.2, -0.15) is 0 Å². The van der Waals surface area contributed by atoms with Crippen molar-refractivity contribution in [3.05, 3.63) is 0 Å². The van der Waals surface area contributed by atoms with Crippen LogP contribution in [0.4, 0.5) is 4.79 Å². The van der Waals surface area contributed by atoms with E-state index in [0.717, 1.165) is 45.7 Å². The fourth-order valence-electron chi connectivity index (χ4n) is 7.18. The zero-order chi connectivity index (χ0) is 19.1. The monoisotopic (exact) mass is 387 g/mol. The Balaban J connectivity index is 0.962. The number of amides is 2. The zero-order valence-corrected chi connectivity index (χ0v) is 17.1. The minimum atomic E-state index is -0.138. The Morgan fingerprint density at radius 3 is 2.25 bits per heavy atom. The summed E-state index contributed by atoms with van der Waals surface area (Å²) in [6.45, 7) is 8.41. The van der Waals surface area contributed by atoms with E-state index in [1.807, 2.05) is 11.8 Å². The predicted molar refractivity (Wildman–Crippen MR) is 104 cm³/mol. The Morgan fingerprint density at radius 1 is 0.964 bits per heavy atom. The highest BCUT2D eigenvalue weighted by Gasteiger charge is 2.64. The summed E-state index contributed by atoms with van der Waals surface area (Å²) in [5.74, 6) is 2.06. The number of piperidine rings is 1. The number of nitrogens with zero attached hydrogens (tertiary/aromatic N) is 3. The number of carbonyl (C=O) groups excluding carboxylic acids is 2. The van der Waals surface area contributed by atoms with Gasteiger partial charge in [0.25, 0.3) is 0 Å². The molecule has 6 nitrogen and oxygen atoms in total. The van der Waals surface area contributed by atoms with Crippen LogP contribution in [0.15, 0.2) is 0 Å². The average molecular weight is 388 g/mol. The molecule has 3 aliphatic heterocycles. The number of hydrogen-bond donors (Lipinski definition) is 0. The Bertz CT molecular complexity index is 679. The number of rotatable bonds is 3. The van der Waals surface area contributed by atoms with Gasteiger partial charge >= 0.3 is 6.09 Å². The first-order chi connectivity index (χ1) is 13.5.